The van der Waals surface area contributed by atoms with Crippen molar-refractivity contribution in [3.8, 4) is 0 Å². The molecule has 8 heteroatoms. The molecule has 0 unspecified atom stereocenters. The zero-order valence-electron chi connectivity index (χ0n) is 5.10. The van der Waals surface area contributed by atoms with E-state index in [0.717, 1.165) is 6.20 Å². The smallest absolute Gasteiger partial charge is 0.743 e. The molecule has 1 rings (SSSR count). The van der Waals surface area contributed by atoms with E-state index in [9.17, 15) is 13.0 Å². The average Bonchev–Trinajstić information content (AvgIpc) is 2.08. The van der Waals surface area contributed by atoms with Gasteiger partial charge in [0.15, 0.2) is 5.03 Å². The van der Waals surface area contributed by atoms with Gasteiger partial charge in [0.25, 0.3) is 0 Å². The summed E-state index contributed by atoms with van der Waals surface area (Å²) in [5.74, 6) is 0. The van der Waals surface area contributed by atoms with Crippen LogP contribution in [-0.2, 0) is 10.1 Å². The van der Waals surface area contributed by atoms with Crippen molar-refractivity contribution in [2.75, 3.05) is 0 Å². The molecule has 1 N–H and O–H groups in total. The summed E-state index contributed by atoms with van der Waals surface area (Å²) in [5, 5.41) is 7.53. The SMILES string of the molecule is O=S(=O)([O-])c1c[nH]nn1.[Na+]. The Labute approximate surface area is 79.1 Å². The maximum absolute atomic E-state index is 10.0. The molecule has 1 heterocycles. The van der Waals surface area contributed by atoms with Crippen molar-refractivity contribution in [3.63, 3.8) is 0 Å². The quantitative estimate of drug-likeness (QED) is 0.340. The molecule has 0 bridgehead atoms. The van der Waals surface area contributed by atoms with Gasteiger partial charge in [0, 0.05) is 0 Å². The van der Waals surface area contributed by atoms with Gasteiger partial charge in [-0.05, 0) is 0 Å². The van der Waals surface area contributed by atoms with Crippen LogP contribution >= 0.6 is 0 Å². The van der Waals surface area contributed by atoms with Gasteiger partial charge in [-0.2, -0.15) is 0 Å². The minimum Gasteiger partial charge on any atom is -0.743 e. The fourth-order valence-electron chi connectivity index (χ4n) is 0.313. The Kier molecular flexibility index (Phi) is 3.46. The van der Waals surface area contributed by atoms with Crippen LogP contribution in [0.15, 0.2) is 11.2 Å². The molecule has 0 aliphatic heterocycles. The number of nitrogens with one attached hydrogen (secondary N) is 1. The second-order valence-electron chi connectivity index (χ2n) is 1.27. The van der Waals surface area contributed by atoms with Gasteiger partial charge in [-0.15, -0.1) is 5.10 Å². The Balaban J connectivity index is 0.000000810. The Hall–Kier alpha value is 0.0500. The van der Waals surface area contributed by atoms with Gasteiger partial charge >= 0.3 is 29.6 Å². The van der Waals surface area contributed by atoms with Crippen LogP contribution in [0, 0.1) is 0 Å². The van der Waals surface area contributed by atoms with Crippen LogP contribution in [0.4, 0.5) is 0 Å². The molecule has 0 aliphatic rings. The Morgan fingerprint density at radius 2 is 2.20 bits per heavy atom. The second-order valence-corrected chi connectivity index (χ2v) is 2.59. The molecule has 0 radical (unpaired) electrons. The Morgan fingerprint density at radius 3 is 2.40 bits per heavy atom. The van der Waals surface area contributed by atoms with Crippen molar-refractivity contribution in [2.24, 2.45) is 0 Å². The molecule has 0 atom stereocenters. The van der Waals surface area contributed by atoms with Crippen LogP contribution in [0.3, 0.4) is 0 Å². The molecule has 10 heavy (non-hydrogen) atoms. The standard InChI is InChI=1S/C2H3N3O3S.Na/c6-9(7,8)2-1-3-5-4-2;/h1H,(H,3,4,5)(H,6,7,8);/q;+1/p-1. The molecular formula is C2H2N3NaO3S. The minimum absolute atomic E-state index is 0. The van der Waals surface area contributed by atoms with Gasteiger partial charge < -0.3 is 4.55 Å². The summed E-state index contributed by atoms with van der Waals surface area (Å²) in [6, 6.07) is 0. The van der Waals surface area contributed by atoms with E-state index in [1.54, 1.807) is 0 Å². The molecule has 0 fully saturated rings. The van der Waals surface area contributed by atoms with E-state index < -0.39 is 15.1 Å². The summed E-state index contributed by atoms with van der Waals surface area (Å²) >= 11 is 0. The summed E-state index contributed by atoms with van der Waals surface area (Å²) in [6.45, 7) is 0. The maximum Gasteiger partial charge on any atom is 1.00 e. The number of aromatic nitrogens is 3. The summed E-state index contributed by atoms with van der Waals surface area (Å²) in [5.41, 5.74) is 0. The third-order valence-corrected chi connectivity index (χ3v) is 1.36. The van der Waals surface area contributed by atoms with E-state index >= 15 is 0 Å². The minimum atomic E-state index is -4.41. The molecular weight excluding hydrogens is 169 g/mol. The van der Waals surface area contributed by atoms with Crippen molar-refractivity contribution in [2.45, 2.75) is 5.03 Å². The van der Waals surface area contributed by atoms with Crippen LogP contribution in [0.1, 0.15) is 0 Å². The van der Waals surface area contributed by atoms with E-state index in [2.05, 4.69) is 15.4 Å². The first-order valence-electron chi connectivity index (χ1n) is 1.93. The predicted octanol–water partition coefficient (Wildman–Crippen LogP) is -4.29. The molecule has 1 aromatic rings. The molecule has 50 valence electrons. The Morgan fingerprint density at radius 1 is 1.60 bits per heavy atom. The van der Waals surface area contributed by atoms with Crippen LogP contribution in [-0.4, -0.2) is 28.4 Å². The van der Waals surface area contributed by atoms with Crippen LogP contribution in [0.5, 0.6) is 0 Å². The number of hydrogen-bond donors (Lipinski definition) is 1. The zero-order valence-corrected chi connectivity index (χ0v) is 7.92. The third kappa shape index (κ3) is 2.35. The van der Waals surface area contributed by atoms with E-state index in [0.29, 0.717) is 0 Å². The topological polar surface area (TPSA) is 98.8 Å². The van der Waals surface area contributed by atoms with Gasteiger partial charge in [0.1, 0.15) is 10.1 Å². The first-order valence-corrected chi connectivity index (χ1v) is 3.34. The molecule has 0 amide bonds. The molecule has 0 aromatic carbocycles. The van der Waals surface area contributed by atoms with Crippen LogP contribution < -0.4 is 29.6 Å². The first-order chi connectivity index (χ1) is 4.11. The van der Waals surface area contributed by atoms with Gasteiger partial charge in [0.2, 0.25) is 0 Å². The van der Waals surface area contributed by atoms with E-state index in [1.807, 2.05) is 0 Å². The van der Waals surface area contributed by atoms with Crippen LogP contribution in [0.25, 0.3) is 0 Å². The van der Waals surface area contributed by atoms with E-state index in [-0.39, 0.29) is 29.6 Å². The van der Waals surface area contributed by atoms with Crippen molar-refractivity contribution >= 4 is 10.1 Å². The fourth-order valence-corrected chi connectivity index (χ4v) is 0.651. The number of nitrogens with zero attached hydrogens (tertiary/aromatic N) is 2. The molecule has 0 spiro atoms. The zero-order chi connectivity index (χ0) is 6.91. The van der Waals surface area contributed by atoms with Gasteiger partial charge in [-0.1, -0.05) is 5.21 Å². The Bertz CT molecular complexity index is 279. The summed E-state index contributed by atoms with van der Waals surface area (Å²) < 4.78 is 30.0. The maximum atomic E-state index is 10.0. The number of hydrogen-bond acceptors (Lipinski definition) is 5. The van der Waals surface area contributed by atoms with Gasteiger partial charge in [-0.3, -0.25) is 5.10 Å². The van der Waals surface area contributed by atoms with Crippen LogP contribution in [0.2, 0.25) is 0 Å². The third-order valence-electron chi connectivity index (χ3n) is 0.650. The van der Waals surface area contributed by atoms with E-state index in [4.69, 9.17) is 0 Å². The largest absolute Gasteiger partial charge is 1.00 e. The molecule has 0 aliphatic carbocycles. The van der Waals surface area contributed by atoms with Gasteiger partial charge in [-0.25, -0.2) is 8.42 Å². The molecule has 0 saturated heterocycles. The predicted molar refractivity (Wildman–Crippen MR) is 24.3 cm³/mol. The molecule has 6 nitrogen and oxygen atoms in total. The van der Waals surface area contributed by atoms with E-state index in [1.165, 1.54) is 0 Å². The summed E-state index contributed by atoms with van der Waals surface area (Å²) in [4.78, 5) is 0. The average molecular weight is 171 g/mol. The monoisotopic (exact) mass is 171 g/mol. The van der Waals surface area contributed by atoms with Crippen molar-refractivity contribution in [3.05, 3.63) is 6.20 Å². The summed E-state index contributed by atoms with van der Waals surface area (Å²) in [6.07, 6.45) is 0.919. The second kappa shape index (κ2) is 3.44. The van der Waals surface area contributed by atoms with Gasteiger partial charge in [0.05, 0.1) is 6.20 Å². The molecule has 0 saturated carbocycles. The first kappa shape index (κ1) is 10.0. The van der Waals surface area contributed by atoms with Crippen molar-refractivity contribution in [1.29, 1.82) is 0 Å². The normalized spacial score (nSPS) is 10.5. The number of aromatic amines is 1. The number of rotatable bonds is 1. The number of H-pyrrole nitrogens is 1. The fraction of sp³-hybridized carbons (Fsp3) is 0. The van der Waals surface area contributed by atoms with Crippen molar-refractivity contribution < 1.29 is 42.5 Å². The summed E-state index contributed by atoms with van der Waals surface area (Å²) in [7, 11) is -4.41. The molecule has 1 aromatic heterocycles. The van der Waals surface area contributed by atoms with Crippen molar-refractivity contribution in [1.82, 2.24) is 15.4 Å².